The fourth-order valence-electron chi connectivity index (χ4n) is 3.57. The third-order valence-corrected chi connectivity index (χ3v) is 9.21. The number of fused-ring (bicyclic) bond motifs is 1. The van der Waals surface area contributed by atoms with Crippen molar-refractivity contribution in [3.8, 4) is 5.75 Å². The van der Waals surface area contributed by atoms with Crippen molar-refractivity contribution in [1.29, 1.82) is 0 Å². The Bertz CT molecular complexity index is 1240. The molecule has 0 bridgehead atoms. The maximum absolute atomic E-state index is 13.1. The normalized spacial score (nSPS) is 17.4. The van der Waals surface area contributed by atoms with Gasteiger partial charge < -0.3 is 4.74 Å². The summed E-state index contributed by atoms with van der Waals surface area (Å²) in [6, 6.07) is 16.4. The van der Waals surface area contributed by atoms with E-state index in [0.29, 0.717) is 12.4 Å². The number of rotatable bonds is 7. The first kappa shape index (κ1) is 20.6. The van der Waals surface area contributed by atoms with Gasteiger partial charge in [0.25, 0.3) is 0 Å². The van der Waals surface area contributed by atoms with Crippen molar-refractivity contribution < 1.29 is 21.6 Å². The Labute approximate surface area is 176 Å². The van der Waals surface area contributed by atoms with Crippen LogP contribution >= 0.6 is 0 Å². The van der Waals surface area contributed by atoms with Crippen molar-refractivity contribution >= 4 is 19.7 Å². The van der Waals surface area contributed by atoms with E-state index < -0.39 is 30.7 Å². The van der Waals surface area contributed by atoms with Gasteiger partial charge in [0.15, 0.2) is 19.7 Å². The smallest absolute Gasteiger partial charge is 0.186 e. The Morgan fingerprint density at radius 3 is 2.57 bits per heavy atom. The number of aromatic nitrogens is 1. The van der Waals surface area contributed by atoms with E-state index in [1.807, 2.05) is 12.1 Å². The second kappa shape index (κ2) is 8.20. The van der Waals surface area contributed by atoms with Crippen molar-refractivity contribution in [3.05, 3.63) is 84.2 Å². The van der Waals surface area contributed by atoms with Gasteiger partial charge in [0.2, 0.25) is 0 Å². The summed E-state index contributed by atoms with van der Waals surface area (Å²) in [5, 5.41) is -1.14. The molecule has 1 aromatic heterocycles. The van der Waals surface area contributed by atoms with Crippen LogP contribution in [0.15, 0.2) is 82.8 Å². The average molecular weight is 444 g/mol. The summed E-state index contributed by atoms with van der Waals surface area (Å²) in [6.45, 7) is 0.427. The second-order valence-electron chi connectivity index (χ2n) is 7.14. The molecule has 0 N–H and O–H groups in total. The molecule has 0 radical (unpaired) electrons. The molecule has 156 valence electrons. The van der Waals surface area contributed by atoms with Crippen molar-refractivity contribution in [2.75, 3.05) is 12.4 Å². The zero-order valence-corrected chi connectivity index (χ0v) is 17.8. The maximum Gasteiger partial charge on any atom is 0.186 e. The first-order chi connectivity index (χ1) is 14.4. The summed E-state index contributed by atoms with van der Waals surface area (Å²) in [5.41, 5.74) is 1.39. The molecule has 8 heteroatoms. The molecule has 3 aromatic rings. The molecule has 0 saturated carbocycles. The minimum Gasteiger partial charge on any atom is -0.494 e. The molecule has 0 saturated heterocycles. The molecule has 1 atom stereocenters. The topological polar surface area (TPSA) is 90.4 Å². The molecule has 2 heterocycles. The molecule has 0 spiro atoms. The summed E-state index contributed by atoms with van der Waals surface area (Å²) in [7, 11) is -7.51. The predicted octanol–water partition coefficient (Wildman–Crippen LogP) is 3.40. The fourth-order valence-corrected chi connectivity index (χ4v) is 7.89. The number of aryl methyl sites for hydroxylation is 1. The van der Waals surface area contributed by atoms with Gasteiger partial charge in [-0.15, -0.1) is 0 Å². The van der Waals surface area contributed by atoms with Crippen molar-refractivity contribution in [3.63, 3.8) is 0 Å². The van der Waals surface area contributed by atoms with E-state index in [9.17, 15) is 16.8 Å². The van der Waals surface area contributed by atoms with Crippen LogP contribution in [0.5, 0.6) is 5.75 Å². The maximum atomic E-state index is 13.1. The van der Waals surface area contributed by atoms with E-state index in [1.54, 1.807) is 42.7 Å². The van der Waals surface area contributed by atoms with Crippen LogP contribution < -0.4 is 4.74 Å². The highest BCUT2D eigenvalue weighted by molar-refractivity contribution is 7.96. The zero-order chi connectivity index (χ0) is 21.2. The van der Waals surface area contributed by atoms with Gasteiger partial charge >= 0.3 is 0 Å². The molecular weight excluding hydrogens is 422 g/mol. The SMILES string of the molecule is O=S1(=O)CC(S(=O)(=O)c2ccccc2)c2cc(OCCCc3cccnc3)ccc21. The number of hydrogen-bond acceptors (Lipinski definition) is 6. The fraction of sp³-hybridized carbons (Fsp3) is 0.227. The monoisotopic (exact) mass is 443 g/mol. The standard InChI is InChI=1S/C22H21NO5S2/c24-29(25)16-22(30(26,27)19-8-2-1-3-9-19)20-14-18(10-11-21(20)29)28-13-5-7-17-6-4-12-23-15-17/h1-4,6,8-12,14-15,22H,5,7,13,16H2. The van der Waals surface area contributed by atoms with Gasteiger partial charge in [-0.2, -0.15) is 0 Å². The highest BCUT2D eigenvalue weighted by atomic mass is 32.2. The molecule has 1 aliphatic rings. The lowest BCUT2D eigenvalue weighted by Crippen LogP contribution is -2.15. The van der Waals surface area contributed by atoms with E-state index in [0.717, 1.165) is 18.4 Å². The van der Waals surface area contributed by atoms with E-state index in [2.05, 4.69) is 4.98 Å². The van der Waals surface area contributed by atoms with Crippen LogP contribution in [0.2, 0.25) is 0 Å². The summed E-state index contributed by atoms with van der Waals surface area (Å²) in [4.78, 5) is 4.25. The van der Waals surface area contributed by atoms with Gasteiger partial charge in [0, 0.05) is 12.4 Å². The summed E-state index contributed by atoms with van der Waals surface area (Å²) >= 11 is 0. The summed E-state index contributed by atoms with van der Waals surface area (Å²) in [6.07, 6.45) is 5.09. The number of pyridine rings is 1. The van der Waals surface area contributed by atoms with E-state index in [-0.39, 0.29) is 15.4 Å². The van der Waals surface area contributed by atoms with Crippen LogP contribution in [0.25, 0.3) is 0 Å². The van der Waals surface area contributed by atoms with Crippen LogP contribution in [0.3, 0.4) is 0 Å². The van der Waals surface area contributed by atoms with Crippen LogP contribution in [0.1, 0.15) is 22.8 Å². The number of hydrogen-bond donors (Lipinski definition) is 0. The van der Waals surface area contributed by atoms with Gasteiger partial charge in [-0.3, -0.25) is 4.98 Å². The van der Waals surface area contributed by atoms with Crippen LogP contribution in [-0.2, 0) is 26.1 Å². The molecule has 0 aliphatic carbocycles. The molecule has 2 aromatic carbocycles. The Morgan fingerprint density at radius 1 is 1.03 bits per heavy atom. The van der Waals surface area contributed by atoms with Crippen LogP contribution in [0.4, 0.5) is 0 Å². The highest BCUT2D eigenvalue weighted by Crippen LogP contribution is 2.42. The minimum atomic E-state index is -3.84. The molecular formula is C22H21NO5S2. The van der Waals surface area contributed by atoms with E-state index in [4.69, 9.17) is 4.74 Å². The number of sulfone groups is 2. The molecule has 1 unspecified atom stereocenters. The molecule has 0 fully saturated rings. The minimum absolute atomic E-state index is 0.0646. The lowest BCUT2D eigenvalue weighted by molar-refractivity contribution is 0.310. The first-order valence-corrected chi connectivity index (χ1v) is 12.8. The van der Waals surface area contributed by atoms with Crippen molar-refractivity contribution in [1.82, 2.24) is 4.98 Å². The lowest BCUT2D eigenvalue weighted by Gasteiger charge is -2.13. The second-order valence-corrected chi connectivity index (χ2v) is 11.3. The molecule has 1 aliphatic heterocycles. The molecule has 6 nitrogen and oxygen atoms in total. The van der Waals surface area contributed by atoms with Gasteiger partial charge in [0.05, 0.1) is 22.2 Å². The van der Waals surface area contributed by atoms with E-state index >= 15 is 0 Å². The summed E-state index contributed by atoms with van der Waals surface area (Å²) < 4.78 is 57.1. The highest BCUT2D eigenvalue weighted by Gasteiger charge is 2.43. The Kier molecular flexibility index (Phi) is 5.62. The Balaban J connectivity index is 1.54. The average Bonchev–Trinajstić information content (AvgIpc) is 3.04. The van der Waals surface area contributed by atoms with Crippen LogP contribution in [-0.4, -0.2) is 34.2 Å². The predicted molar refractivity (Wildman–Crippen MR) is 113 cm³/mol. The number of nitrogens with zero attached hydrogens (tertiary/aromatic N) is 1. The third kappa shape index (κ3) is 4.11. The third-order valence-electron chi connectivity index (χ3n) is 5.08. The first-order valence-electron chi connectivity index (χ1n) is 9.55. The van der Waals surface area contributed by atoms with Gasteiger partial charge in [-0.25, -0.2) is 16.8 Å². The number of benzene rings is 2. The molecule has 30 heavy (non-hydrogen) atoms. The lowest BCUT2D eigenvalue weighted by atomic mass is 10.1. The van der Waals surface area contributed by atoms with Gasteiger partial charge in [-0.1, -0.05) is 24.3 Å². The Hall–Kier alpha value is -2.71. The van der Waals surface area contributed by atoms with Crippen molar-refractivity contribution in [2.45, 2.75) is 27.9 Å². The Morgan fingerprint density at radius 2 is 1.83 bits per heavy atom. The van der Waals surface area contributed by atoms with Gasteiger partial charge in [0.1, 0.15) is 11.0 Å². The quantitative estimate of drug-likeness (QED) is 0.520. The van der Waals surface area contributed by atoms with Crippen LogP contribution in [0, 0.1) is 0 Å². The molecule has 0 amide bonds. The number of ether oxygens (including phenoxy) is 1. The van der Waals surface area contributed by atoms with Crippen molar-refractivity contribution in [2.24, 2.45) is 0 Å². The van der Waals surface area contributed by atoms with E-state index in [1.165, 1.54) is 18.2 Å². The zero-order valence-electron chi connectivity index (χ0n) is 16.1. The summed E-state index contributed by atoms with van der Waals surface area (Å²) in [5.74, 6) is 0.00890. The van der Waals surface area contributed by atoms with Gasteiger partial charge in [-0.05, 0) is 60.4 Å². The largest absolute Gasteiger partial charge is 0.494 e. The molecule has 4 rings (SSSR count).